The first kappa shape index (κ1) is 37.7. The number of fused-ring (bicyclic) bond motifs is 6. The molecule has 6 aromatic carbocycles. The molecule has 2 aliphatic rings. The topological polar surface area (TPSA) is 18.5 Å². The first-order chi connectivity index (χ1) is 26.5. The van der Waals surface area contributed by atoms with Crippen LogP contribution in [0.4, 0.5) is 0 Å². The average molecular weight is 761 g/mol. The van der Waals surface area contributed by atoms with Crippen molar-refractivity contribution in [2.45, 2.75) is 99.7 Å². The Bertz CT molecular complexity index is 2040. The van der Waals surface area contributed by atoms with Gasteiger partial charge in [0.15, 0.2) is 0 Å². The third-order valence-corrected chi connectivity index (χ3v) is 15.8. The van der Waals surface area contributed by atoms with E-state index in [1.54, 1.807) is 0 Å². The highest BCUT2D eigenvalue weighted by Gasteiger charge is 2.32. The summed E-state index contributed by atoms with van der Waals surface area (Å²) in [4.78, 5) is 0. The highest BCUT2D eigenvalue weighted by molar-refractivity contribution is 7.80. The van der Waals surface area contributed by atoms with E-state index in [9.17, 15) is 0 Å². The minimum atomic E-state index is -0.871. The van der Waals surface area contributed by atoms with Gasteiger partial charge in [-0.2, -0.15) is 0 Å². The molecule has 0 radical (unpaired) electrons. The monoisotopic (exact) mass is 760 g/mol. The standard InChI is InChI=1S/C51H54O2P2/c1-32-18-33(2)23-44(22-32)54(45-24-34(3)19-35(4)25-45)48-16-9-12-40-30-43-15-11-14-42(52-50(40)48)31-41-13-10-17-49(51(41)53-43)55(46-26-36(5)20-37(6)27-46)47-28-38(7)21-39(8)29-47/h9-10,12-13,16-29,42-43H,11,14-15,30-31H2,1-8H3/t42-,43?/m1/s1. The molecule has 55 heavy (non-hydrogen) atoms. The Balaban J connectivity index is 1.27. The molecule has 0 saturated heterocycles. The van der Waals surface area contributed by atoms with E-state index in [0.717, 1.165) is 43.6 Å². The third kappa shape index (κ3) is 8.19. The molecule has 1 unspecified atom stereocenters. The van der Waals surface area contributed by atoms with Crippen LogP contribution in [0.2, 0.25) is 0 Å². The number of ether oxygens (including phenoxy) is 2. The number of hydrogen-bond donors (Lipinski definition) is 0. The first-order valence-corrected chi connectivity index (χ1v) is 22.7. The Morgan fingerprint density at radius 1 is 0.400 bits per heavy atom. The van der Waals surface area contributed by atoms with Crippen LogP contribution in [0.15, 0.2) is 109 Å². The SMILES string of the molecule is Cc1cc(C)cc(P(c2cc(C)cc(C)c2)c2cccc3c2OC2CCC[C@H](C3)Oc3c(cccc3P(c3cc(C)cc(C)c3)c3cc(C)cc(C)c3)C2)c1. The van der Waals surface area contributed by atoms with Crippen molar-refractivity contribution in [1.82, 2.24) is 0 Å². The van der Waals surface area contributed by atoms with Gasteiger partial charge in [-0.1, -0.05) is 154 Å². The molecule has 6 aromatic rings. The van der Waals surface area contributed by atoms with Gasteiger partial charge >= 0.3 is 0 Å². The lowest BCUT2D eigenvalue weighted by Gasteiger charge is -2.31. The average Bonchev–Trinajstić information content (AvgIpc) is 3.23. The van der Waals surface area contributed by atoms with Gasteiger partial charge in [0.05, 0.1) is 0 Å². The van der Waals surface area contributed by atoms with Crippen LogP contribution in [0.5, 0.6) is 11.5 Å². The Morgan fingerprint density at radius 3 is 0.982 bits per heavy atom. The molecule has 2 nitrogen and oxygen atoms in total. The molecule has 0 amide bonds. The number of hydrogen-bond acceptors (Lipinski definition) is 2. The lowest BCUT2D eigenvalue weighted by atomic mass is 10.0. The summed E-state index contributed by atoms with van der Waals surface area (Å²) in [5.41, 5.74) is 13.0. The van der Waals surface area contributed by atoms with Gasteiger partial charge in [-0.25, -0.2) is 0 Å². The van der Waals surface area contributed by atoms with E-state index in [0.29, 0.717) is 0 Å². The fraction of sp³-hybridized carbons (Fsp3) is 0.294. The molecule has 0 N–H and O–H groups in total. The largest absolute Gasteiger partial charge is 0.489 e. The molecule has 2 atom stereocenters. The molecule has 280 valence electrons. The second kappa shape index (κ2) is 15.7. The summed E-state index contributed by atoms with van der Waals surface area (Å²) in [5, 5.41) is 8.16. The molecular weight excluding hydrogens is 707 g/mol. The van der Waals surface area contributed by atoms with Crippen LogP contribution in [0.1, 0.15) is 74.9 Å². The van der Waals surface area contributed by atoms with E-state index in [1.807, 2.05) is 0 Å². The second-order valence-corrected chi connectivity index (χ2v) is 20.8. The minimum Gasteiger partial charge on any atom is -0.489 e. The Hall–Kier alpha value is -4.22. The predicted octanol–water partition coefficient (Wildman–Crippen LogP) is 10.1. The van der Waals surface area contributed by atoms with Gasteiger partial charge in [-0.05, 0) is 123 Å². The van der Waals surface area contributed by atoms with Crippen LogP contribution in [-0.2, 0) is 12.8 Å². The zero-order chi connectivity index (χ0) is 38.4. The predicted molar refractivity (Wildman–Crippen MR) is 238 cm³/mol. The van der Waals surface area contributed by atoms with E-state index in [4.69, 9.17) is 9.47 Å². The van der Waals surface area contributed by atoms with Gasteiger partial charge in [0.1, 0.15) is 23.7 Å². The zero-order valence-corrected chi connectivity index (χ0v) is 35.6. The van der Waals surface area contributed by atoms with Crippen LogP contribution >= 0.6 is 15.8 Å². The Kier molecular flexibility index (Phi) is 10.8. The van der Waals surface area contributed by atoms with Crippen molar-refractivity contribution in [1.29, 1.82) is 0 Å². The summed E-state index contributed by atoms with van der Waals surface area (Å²) in [7, 11) is -1.74. The molecule has 4 heteroatoms. The lowest BCUT2D eigenvalue weighted by molar-refractivity contribution is 0.189. The van der Waals surface area contributed by atoms with Crippen LogP contribution in [0.25, 0.3) is 0 Å². The number of benzene rings is 6. The van der Waals surface area contributed by atoms with Gasteiger partial charge in [-0.3, -0.25) is 0 Å². The lowest BCUT2D eigenvalue weighted by Crippen LogP contribution is -2.31. The second-order valence-electron chi connectivity index (χ2n) is 16.4. The van der Waals surface area contributed by atoms with Gasteiger partial charge in [-0.15, -0.1) is 0 Å². The molecule has 2 bridgehead atoms. The molecule has 0 aromatic heterocycles. The highest BCUT2D eigenvalue weighted by Crippen LogP contribution is 2.44. The maximum atomic E-state index is 7.47. The van der Waals surface area contributed by atoms with Gasteiger partial charge < -0.3 is 9.47 Å². The molecular formula is C51H54O2P2. The summed E-state index contributed by atoms with van der Waals surface area (Å²) in [6, 6.07) is 42.2. The highest BCUT2D eigenvalue weighted by atomic mass is 31.1. The smallest absolute Gasteiger partial charge is 0.131 e. The molecule has 0 aliphatic carbocycles. The van der Waals surface area contributed by atoms with Crippen molar-refractivity contribution in [3.05, 3.63) is 165 Å². The number of aryl methyl sites for hydroxylation is 8. The summed E-state index contributed by atoms with van der Waals surface area (Å²) >= 11 is 0. The Labute approximate surface area is 331 Å². The fourth-order valence-corrected chi connectivity index (χ4v) is 14.7. The molecule has 2 aliphatic heterocycles. The van der Waals surface area contributed by atoms with Crippen LogP contribution in [0.3, 0.4) is 0 Å². The summed E-state index contributed by atoms with van der Waals surface area (Å²) in [6.45, 7) is 17.8. The van der Waals surface area contributed by atoms with Crippen molar-refractivity contribution in [3.63, 3.8) is 0 Å². The maximum absolute atomic E-state index is 7.47. The van der Waals surface area contributed by atoms with Crippen molar-refractivity contribution in [3.8, 4) is 11.5 Å². The van der Waals surface area contributed by atoms with Crippen molar-refractivity contribution in [2.75, 3.05) is 0 Å². The van der Waals surface area contributed by atoms with Crippen molar-refractivity contribution < 1.29 is 9.47 Å². The number of rotatable bonds is 6. The first-order valence-electron chi connectivity index (χ1n) is 20.0. The van der Waals surface area contributed by atoms with Gasteiger partial charge in [0.2, 0.25) is 0 Å². The van der Waals surface area contributed by atoms with Crippen molar-refractivity contribution in [2.24, 2.45) is 0 Å². The quantitative estimate of drug-likeness (QED) is 0.158. The normalized spacial score (nSPS) is 16.6. The maximum Gasteiger partial charge on any atom is 0.131 e. The van der Waals surface area contributed by atoms with Gasteiger partial charge in [0, 0.05) is 23.5 Å². The molecule has 2 heterocycles. The van der Waals surface area contributed by atoms with Crippen molar-refractivity contribution >= 4 is 47.7 Å². The van der Waals surface area contributed by atoms with Crippen LogP contribution < -0.4 is 41.3 Å². The van der Waals surface area contributed by atoms with Crippen LogP contribution in [0, 0.1) is 55.4 Å². The Morgan fingerprint density at radius 2 is 0.691 bits per heavy atom. The zero-order valence-electron chi connectivity index (χ0n) is 33.8. The van der Waals surface area contributed by atoms with E-state index in [-0.39, 0.29) is 12.2 Å². The fourth-order valence-electron chi connectivity index (χ4n) is 9.06. The number of para-hydroxylation sites is 2. The molecule has 0 spiro atoms. The van der Waals surface area contributed by atoms with E-state index >= 15 is 0 Å². The molecule has 0 saturated carbocycles. The van der Waals surface area contributed by atoms with E-state index < -0.39 is 15.8 Å². The van der Waals surface area contributed by atoms with E-state index in [2.05, 4.69) is 165 Å². The van der Waals surface area contributed by atoms with E-state index in [1.165, 1.54) is 87.5 Å². The minimum absolute atomic E-state index is 0.0401. The van der Waals surface area contributed by atoms with Gasteiger partial charge in [0.25, 0.3) is 0 Å². The molecule has 8 rings (SSSR count). The summed E-state index contributed by atoms with van der Waals surface area (Å²) in [6.07, 6.45) is 4.80. The third-order valence-electron chi connectivity index (χ3n) is 11.0. The summed E-state index contributed by atoms with van der Waals surface area (Å²) in [5.74, 6) is 2.17. The van der Waals surface area contributed by atoms with Crippen LogP contribution in [-0.4, -0.2) is 12.2 Å². The summed E-state index contributed by atoms with van der Waals surface area (Å²) < 4.78 is 14.9. The molecule has 0 fully saturated rings.